The summed E-state index contributed by atoms with van der Waals surface area (Å²) in [4.78, 5) is 28.4. The van der Waals surface area contributed by atoms with Crippen molar-refractivity contribution >= 4 is 11.1 Å². The van der Waals surface area contributed by atoms with E-state index in [9.17, 15) is 40.4 Å². The van der Waals surface area contributed by atoms with Crippen LogP contribution in [0.3, 0.4) is 0 Å². The Balaban J connectivity index is 1.68. The topological polar surface area (TPSA) is 255 Å². The molecule has 4 aromatic rings. The minimum Gasteiger partial charge on any atom is -0.226 e. The zero-order chi connectivity index (χ0) is 35.9. The molecule has 14 nitrogen and oxygen atoms in total. The first-order valence-electron chi connectivity index (χ1n) is 13.3. The van der Waals surface area contributed by atoms with Gasteiger partial charge in [0.15, 0.2) is 52.4 Å². The molecule has 0 saturated carbocycles. The van der Waals surface area contributed by atoms with Crippen LogP contribution in [0.15, 0.2) is 55.9 Å². The van der Waals surface area contributed by atoms with Crippen LogP contribution in [0.5, 0.6) is 0 Å². The first-order valence-corrected chi connectivity index (χ1v) is 13.3. The van der Waals surface area contributed by atoms with Gasteiger partial charge in [-0.1, -0.05) is 0 Å². The molecule has 230 valence electrons. The van der Waals surface area contributed by atoms with Crippen molar-refractivity contribution in [1.82, 2.24) is 15.0 Å². The Bertz CT molecular complexity index is 2660. The lowest BCUT2D eigenvalue weighted by molar-refractivity contribution is 0.453. The van der Waals surface area contributed by atoms with Gasteiger partial charge in [0.2, 0.25) is 0 Å². The van der Waals surface area contributed by atoms with Crippen molar-refractivity contribution < 1.29 is 17.6 Å². The summed E-state index contributed by atoms with van der Waals surface area (Å²) < 4.78 is 60.0. The van der Waals surface area contributed by atoms with Crippen molar-refractivity contribution in [2.75, 3.05) is 0 Å². The van der Waals surface area contributed by atoms with Gasteiger partial charge in [-0.15, -0.1) is 0 Å². The summed E-state index contributed by atoms with van der Waals surface area (Å²) in [6, 6.07) is 16.6. The molecule has 1 aromatic heterocycles. The molecule has 0 spiro atoms. The minimum absolute atomic E-state index is 0.0424. The number of benzene rings is 3. The zero-order valence-electron chi connectivity index (χ0n) is 24.1. The van der Waals surface area contributed by atoms with Crippen molar-refractivity contribution in [2.24, 2.45) is 20.0 Å². The SMILES string of the molecule is N#CC(=C1N=c2cc(C#N)c(C#N)cc2=N1)c1nc(C(C#N)=C2N=c3cc(C#N)c(C#N)cc3=N2)nc(-c2c(F)c(F)c(C#N)c(F)c2F)n1. The highest BCUT2D eigenvalue weighted by Crippen LogP contribution is 2.32. The fourth-order valence-electron chi connectivity index (χ4n) is 4.65. The fourth-order valence-corrected chi connectivity index (χ4v) is 4.65. The van der Waals surface area contributed by atoms with Crippen LogP contribution in [-0.4, -0.2) is 15.0 Å². The van der Waals surface area contributed by atoms with E-state index in [4.69, 9.17) is 5.26 Å². The lowest BCUT2D eigenvalue weighted by atomic mass is 10.1. The summed E-state index contributed by atoms with van der Waals surface area (Å²) in [5.41, 5.74) is -4.62. The average molecular weight is 660 g/mol. The summed E-state index contributed by atoms with van der Waals surface area (Å²) in [6.07, 6.45) is 0. The highest BCUT2D eigenvalue weighted by atomic mass is 19.2. The van der Waals surface area contributed by atoms with Crippen molar-refractivity contribution in [1.29, 1.82) is 36.8 Å². The molecular formula is C32H4F4N14. The van der Waals surface area contributed by atoms with Crippen LogP contribution in [-0.2, 0) is 0 Å². The van der Waals surface area contributed by atoms with Gasteiger partial charge in [-0.2, -0.15) is 36.8 Å². The number of hydrogen-bond acceptors (Lipinski definition) is 14. The molecule has 2 aliphatic rings. The van der Waals surface area contributed by atoms with E-state index in [1.807, 2.05) is 24.3 Å². The summed E-state index contributed by atoms with van der Waals surface area (Å²) in [5.74, 6) is -11.9. The Morgan fingerprint density at radius 2 is 0.800 bits per heavy atom. The third-order valence-electron chi connectivity index (χ3n) is 6.97. The van der Waals surface area contributed by atoms with E-state index >= 15 is 8.78 Å². The first-order chi connectivity index (χ1) is 24.1. The maximum absolute atomic E-state index is 15.3. The van der Waals surface area contributed by atoms with Gasteiger partial charge in [0.1, 0.15) is 59.2 Å². The number of aromatic nitrogens is 3. The van der Waals surface area contributed by atoms with Gasteiger partial charge in [-0.3, -0.25) is 0 Å². The standard InChI is InChI=1S/C32H4F4N14/c33-24-16(9-41)25(34)27(36)23(26(24)35)32-49-30(17(10-42)28-44-19-1-12(5-37)13(6-38)2-20(19)45-28)48-31(50-32)18(11-43)29-46-21-3-14(7-39)15(8-40)4-22(21)47-29/h1-4H. The number of allylic oxidation sites excluding steroid dienone is 2. The molecule has 18 heteroatoms. The Morgan fingerprint density at radius 3 is 1.08 bits per heavy atom. The van der Waals surface area contributed by atoms with Crippen LogP contribution >= 0.6 is 0 Å². The second kappa shape index (κ2) is 12.0. The highest BCUT2D eigenvalue weighted by molar-refractivity contribution is 5.80. The van der Waals surface area contributed by atoms with Crippen molar-refractivity contribution in [2.45, 2.75) is 0 Å². The smallest absolute Gasteiger partial charge is 0.180 e. The predicted molar refractivity (Wildman–Crippen MR) is 151 cm³/mol. The monoisotopic (exact) mass is 660 g/mol. The molecule has 0 aliphatic carbocycles. The number of nitrogens with zero attached hydrogens (tertiary/aromatic N) is 14. The first kappa shape index (κ1) is 31.5. The molecule has 0 atom stereocenters. The quantitative estimate of drug-likeness (QED) is 0.175. The summed E-state index contributed by atoms with van der Waals surface area (Å²) in [6.45, 7) is 0. The number of nitriles is 7. The molecule has 50 heavy (non-hydrogen) atoms. The molecule has 0 N–H and O–H groups in total. The molecule has 0 amide bonds. The third-order valence-corrected chi connectivity index (χ3v) is 6.97. The van der Waals surface area contributed by atoms with Crippen LogP contribution in [0.1, 0.15) is 39.5 Å². The van der Waals surface area contributed by atoms with Gasteiger partial charge >= 0.3 is 0 Å². The highest BCUT2D eigenvalue weighted by Gasteiger charge is 2.30. The summed E-state index contributed by atoms with van der Waals surface area (Å²) in [5, 5.41) is 67.0. The molecule has 0 radical (unpaired) electrons. The van der Waals surface area contributed by atoms with E-state index in [0.29, 0.717) is 0 Å². The van der Waals surface area contributed by atoms with Crippen LogP contribution in [0.25, 0.3) is 22.5 Å². The van der Waals surface area contributed by atoms with E-state index in [2.05, 4.69) is 34.9 Å². The van der Waals surface area contributed by atoms with Crippen molar-refractivity contribution in [3.05, 3.63) is 120 Å². The van der Waals surface area contributed by atoms with Crippen molar-refractivity contribution in [3.8, 4) is 53.9 Å². The molecular weight excluding hydrogens is 656 g/mol. The maximum Gasteiger partial charge on any atom is 0.180 e. The third kappa shape index (κ3) is 4.88. The second-order valence-corrected chi connectivity index (χ2v) is 9.71. The fraction of sp³-hybridized carbons (Fsp3) is 0. The van der Waals surface area contributed by atoms with Gasteiger partial charge < -0.3 is 0 Å². The zero-order valence-corrected chi connectivity index (χ0v) is 24.1. The molecule has 2 aliphatic heterocycles. The van der Waals surface area contributed by atoms with Gasteiger partial charge in [0, 0.05) is 0 Å². The maximum atomic E-state index is 15.3. The largest absolute Gasteiger partial charge is 0.226 e. The lowest BCUT2D eigenvalue weighted by Crippen LogP contribution is -2.22. The number of fused-ring (bicyclic) bond motifs is 2. The van der Waals surface area contributed by atoms with E-state index in [0.717, 1.165) is 6.07 Å². The predicted octanol–water partition coefficient (Wildman–Crippen LogP) is 1.74. The molecule has 0 bridgehead atoms. The molecule has 3 heterocycles. The minimum atomic E-state index is -2.09. The molecule has 3 aromatic carbocycles. The Labute approximate surface area is 274 Å². The molecule has 6 rings (SSSR count). The van der Waals surface area contributed by atoms with E-state index < -0.39 is 74.7 Å². The van der Waals surface area contributed by atoms with Gasteiger partial charge in [-0.25, -0.2) is 52.5 Å². The number of hydrogen-bond donors (Lipinski definition) is 0. The molecule has 0 fully saturated rings. The van der Waals surface area contributed by atoms with Gasteiger partial charge in [-0.05, 0) is 24.3 Å². The van der Waals surface area contributed by atoms with Crippen molar-refractivity contribution in [3.63, 3.8) is 0 Å². The van der Waals surface area contributed by atoms with E-state index in [1.165, 1.54) is 24.3 Å². The Hall–Kier alpha value is -8.50. The summed E-state index contributed by atoms with van der Waals surface area (Å²) in [7, 11) is 0. The summed E-state index contributed by atoms with van der Waals surface area (Å²) >= 11 is 0. The van der Waals surface area contributed by atoms with Crippen LogP contribution in [0, 0.1) is 103 Å². The van der Waals surface area contributed by atoms with E-state index in [-0.39, 0.29) is 43.7 Å². The second-order valence-electron chi connectivity index (χ2n) is 9.71. The lowest BCUT2D eigenvalue weighted by Gasteiger charge is -2.10. The molecule has 0 saturated heterocycles. The van der Waals surface area contributed by atoms with Crippen LogP contribution in [0.4, 0.5) is 17.6 Å². The molecule has 0 unspecified atom stereocenters. The van der Waals surface area contributed by atoms with Gasteiger partial charge in [0.05, 0.1) is 49.2 Å². The van der Waals surface area contributed by atoms with Crippen LogP contribution in [0.2, 0.25) is 0 Å². The number of halogens is 4. The van der Waals surface area contributed by atoms with E-state index in [1.54, 1.807) is 12.1 Å². The van der Waals surface area contributed by atoms with Gasteiger partial charge in [0.25, 0.3) is 0 Å². The average Bonchev–Trinajstić information content (AvgIpc) is 3.73. The Kier molecular flexibility index (Phi) is 7.57. The number of rotatable bonds is 3. The normalized spacial score (nSPS) is 11.6. The van der Waals surface area contributed by atoms with Crippen LogP contribution < -0.4 is 21.4 Å². The Morgan fingerprint density at radius 1 is 0.460 bits per heavy atom.